The van der Waals surface area contributed by atoms with Gasteiger partial charge in [0.2, 0.25) is 11.8 Å². The van der Waals surface area contributed by atoms with E-state index in [1.165, 1.54) is 62.4 Å². The van der Waals surface area contributed by atoms with Crippen molar-refractivity contribution in [2.45, 2.75) is 39.0 Å². The number of rotatable bonds is 9. The molecule has 0 atom stereocenters. The Morgan fingerprint density at radius 1 is 0.650 bits per heavy atom. The van der Waals surface area contributed by atoms with Crippen LogP contribution in [-0.2, 0) is 19.2 Å². The summed E-state index contributed by atoms with van der Waals surface area (Å²) < 4.78 is 74.5. The molecule has 2 rings (SSSR count). The van der Waals surface area contributed by atoms with Crippen LogP contribution in [0.3, 0.4) is 0 Å². The van der Waals surface area contributed by atoms with Crippen molar-refractivity contribution in [3.63, 3.8) is 0 Å². The summed E-state index contributed by atoms with van der Waals surface area (Å²) in [6.07, 6.45) is -10.7. The number of carbonyl (C=O) groups excluding carboxylic acids is 4. The molecule has 214 valence electrons. The van der Waals surface area contributed by atoms with Crippen molar-refractivity contribution in [2.24, 2.45) is 10.2 Å². The third-order valence-electron chi connectivity index (χ3n) is 4.87. The van der Waals surface area contributed by atoms with Crippen LogP contribution in [0.4, 0.5) is 37.7 Å². The zero-order valence-corrected chi connectivity index (χ0v) is 20.8. The second kappa shape index (κ2) is 13.3. The van der Waals surface area contributed by atoms with Crippen LogP contribution >= 0.6 is 0 Å². The Balaban J connectivity index is 1.87. The number of nitrogens with one attached hydrogen (secondary N) is 4. The number of alkyl halides is 6. The van der Waals surface area contributed by atoms with Crippen molar-refractivity contribution < 1.29 is 45.5 Å². The molecule has 0 bridgehead atoms. The van der Waals surface area contributed by atoms with Gasteiger partial charge in [0.15, 0.2) is 0 Å². The molecule has 2 aromatic carbocycles. The highest BCUT2D eigenvalue weighted by Crippen LogP contribution is 2.20. The Bertz CT molecular complexity index is 1240. The van der Waals surface area contributed by atoms with E-state index >= 15 is 0 Å². The fraction of sp³-hybridized carbons (Fsp3) is 0.250. The fourth-order valence-corrected chi connectivity index (χ4v) is 2.81. The zero-order valence-electron chi connectivity index (χ0n) is 20.8. The zero-order chi connectivity index (χ0) is 30.1. The summed E-state index contributed by atoms with van der Waals surface area (Å²) >= 11 is 0. The number of benzene rings is 2. The first-order valence-electron chi connectivity index (χ1n) is 11.2. The Morgan fingerprint density at radius 3 is 1.32 bits per heavy atom. The maximum Gasteiger partial charge on any atom is 0.471 e. The summed E-state index contributed by atoms with van der Waals surface area (Å²) in [5, 5.41) is 11.0. The summed E-state index contributed by atoms with van der Waals surface area (Å²) in [6, 6.07) is 10.7. The second-order valence-corrected chi connectivity index (χ2v) is 8.03. The Hall–Kier alpha value is -4.76. The molecule has 4 amide bonds. The van der Waals surface area contributed by atoms with Crippen LogP contribution in [0.1, 0.15) is 37.8 Å². The minimum Gasteiger partial charge on any atom is -0.318 e. The van der Waals surface area contributed by atoms with Gasteiger partial charge in [0.25, 0.3) is 0 Å². The molecule has 0 aliphatic rings. The average Bonchev–Trinajstić information content (AvgIpc) is 2.88. The van der Waals surface area contributed by atoms with E-state index < -0.39 is 36.0 Å². The van der Waals surface area contributed by atoms with Crippen LogP contribution in [0, 0.1) is 0 Å². The van der Waals surface area contributed by atoms with Crippen molar-refractivity contribution in [3.05, 3.63) is 59.7 Å². The van der Waals surface area contributed by atoms with E-state index in [9.17, 15) is 45.5 Å². The third-order valence-corrected chi connectivity index (χ3v) is 4.87. The van der Waals surface area contributed by atoms with E-state index in [0.29, 0.717) is 11.1 Å². The maximum absolute atomic E-state index is 12.4. The third kappa shape index (κ3) is 10.2. The molecular weight excluding hydrogens is 550 g/mol. The van der Waals surface area contributed by atoms with Crippen LogP contribution < -0.4 is 21.5 Å². The SMILES string of the molecule is C/C(=N\NC(=O)CCC(=O)N/N=C(\C)c1cccc(NC(=O)C(F)(F)F)c1)c1cccc(NC(=O)C(F)(F)F)c1. The number of hydrogen-bond acceptors (Lipinski definition) is 6. The van der Waals surface area contributed by atoms with Crippen molar-refractivity contribution in [2.75, 3.05) is 10.6 Å². The highest BCUT2D eigenvalue weighted by Gasteiger charge is 2.39. The van der Waals surface area contributed by atoms with Crippen LogP contribution in [0.5, 0.6) is 0 Å². The van der Waals surface area contributed by atoms with Gasteiger partial charge in [0.05, 0.1) is 11.4 Å². The predicted octanol–water partition coefficient (Wildman–Crippen LogP) is 3.85. The number of nitrogens with zero attached hydrogens (tertiary/aromatic N) is 2. The van der Waals surface area contributed by atoms with Gasteiger partial charge in [-0.15, -0.1) is 0 Å². The number of hydrogen-bond donors (Lipinski definition) is 4. The number of amides is 4. The van der Waals surface area contributed by atoms with Crippen LogP contribution in [0.25, 0.3) is 0 Å². The molecule has 0 radical (unpaired) electrons. The smallest absolute Gasteiger partial charge is 0.318 e. The Labute approximate surface area is 222 Å². The molecule has 0 saturated carbocycles. The second-order valence-electron chi connectivity index (χ2n) is 8.03. The summed E-state index contributed by atoms with van der Waals surface area (Å²) in [4.78, 5) is 46.2. The quantitative estimate of drug-likeness (QED) is 0.206. The molecule has 0 aromatic heterocycles. The Kier molecular flexibility index (Phi) is 10.5. The van der Waals surface area contributed by atoms with Crippen LogP contribution in [0.15, 0.2) is 58.7 Å². The summed E-state index contributed by atoms with van der Waals surface area (Å²) in [5.74, 6) is -5.61. The molecule has 0 fully saturated rings. The molecule has 0 aliphatic carbocycles. The number of anilines is 2. The molecule has 0 aliphatic heterocycles. The van der Waals surface area contributed by atoms with Gasteiger partial charge in [-0.25, -0.2) is 10.9 Å². The first-order valence-corrected chi connectivity index (χ1v) is 11.2. The lowest BCUT2D eigenvalue weighted by molar-refractivity contribution is -0.167. The standard InChI is InChI=1S/C24H22F6N6O4/c1-13(15-5-3-7-17(11-15)31-21(39)23(25,26)27)33-35-19(37)9-10-20(38)36-34-14(2)16-6-4-8-18(12-16)32-22(40)24(28,29)30/h3-8,11-12H,9-10H2,1-2H3,(H,31,39)(H,32,40)(H,35,37)(H,36,38)/b33-13+,34-14+. The monoisotopic (exact) mass is 572 g/mol. The molecule has 0 spiro atoms. The molecule has 16 heteroatoms. The van der Waals surface area contributed by atoms with E-state index in [0.717, 1.165) is 0 Å². The highest BCUT2D eigenvalue weighted by molar-refractivity contribution is 6.02. The molecule has 2 aromatic rings. The molecule has 0 unspecified atom stereocenters. The molecule has 40 heavy (non-hydrogen) atoms. The molecule has 10 nitrogen and oxygen atoms in total. The van der Waals surface area contributed by atoms with E-state index in [1.54, 1.807) is 10.6 Å². The minimum absolute atomic E-state index is 0.133. The summed E-state index contributed by atoms with van der Waals surface area (Å²) in [7, 11) is 0. The first-order chi connectivity index (χ1) is 18.6. The lowest BCUT2D eigenvalue weighted by Crippen LogP contribution is -2.30. The minimum atomic E-state index is -5.06. The largest absolute Gasteiger partial charge is 0.471 e. The van der Waals surface area contributed by atoms with E-state index in [4.69, 9.17) is 0 Å². The maximum atomic E-state index is 12.4. The number of halogens is 6. The van der Waals surface area contributed by atoms with Crippen LogP contribution in [-0.4, -0.2) is 47.4 Å². The first kappa shape index (κ1) is 31.5. The van der Waals surface area contributed by atoms with E-state index in [2.05, 4.69) is 21.1 Å². The lowest BCUT2D eigenvalue weighted by atomic mass is 10.1. The molecule has 0 saturated heterocycles. The number of hydrazone groups is 2. The van der Waals surface area contributed by atoms with Gasteiger partial charge < -0.3 is 10.6 Å². The van der Waals surface area contributed by atoms with Gasteiger partial charge in [0.1, 0.15) is 0 Å². The Morgan fingerprint density at radius 2 is 1.00 bits per heavy atom. The van der Waals surface area contributed by atoms with Gasteiger partial charge in [-0.2, -0.15) is 36.5 Å². The van der Waals surface area contributed by atoms with Gasteiger partial charge in [-0.05, 0) is 49.2 Å². The highest BCUT2D eigenvalue weighted by atomic mass is 19.4. The lowest BCUT2D eigenvalue weighted by Gasteiger charge is -2.09. The van der Waals surface area contributed by atoms with Gasteiger partial charge in [-0.3, -0.25) is 19.2 Å². The fourth-order valence-electron chi connectivity index (χ4n) is 2.81. The molecular formula is C24H22F6N6O4. The van der Waals surface area contributed by atoms with E-state index in [-0.39, 0.29) is 35.6 Å². The normalized spacial score (nSPS) is 12.4. The van der Waals surface area contributed by atoms with Gasteiger partial charge >= 0.3 is 24.2 Å². The van der Waals surface area contributed by atoms with Crippen molar-refractivity contribution in [1.29, 1.82) is 0 Å². The van der Waals surface area contributed by atoms with E-state index in [1.807, 2.05) is 0 Å². The molecule has 0 heterocycles. The van der Waals surface area contributed by atoms with Crippen molar-refractivity contribution in [1.82, 2.24) is 10.9 Å². The topological polar surface area (TPSA) is 141 Å². The number of carbonyl (C=O) groups is 4. The predicted molar refractivity (Wildman–Crippen MR) is 132 cm³/mol. The van der Waals surface area contributed by atoms with Crippen molar-refractivity contribution >= 4 is 46.4 Å². The summed E-state index contributed by atoms with van der Waals surface area (Å²) in [6.45, 7) is 2.91. The van der Waals surface area contributed by atoms with Gasteiger partial charge in [-0.1, -0.05) is 24.3 Å². The van der Waals surface area contributed by atoms with Crippen molar-refractivity contribution in [3.8, 4) is 0 Å². The van der Waals surface area contributed by atoms with Gasteiger partial charge in [0, 0.05) is 24.2 Å². The van der Waals surface area contributed by atoms with Crippen LogP contribution in [0.2, 0.25) is 0 Å². The summed E-state index contributed by atoms with van der Waals surface area (Å²) in [5.41, 5.74) is 5.15. The average molecular weight is 572 g/mol. The molecule has 4 N–H and O–H groups in total.